The molecule has 2 rings (SSSR count). The molecule has 0 fully saturated rings. The van der Waals surface area contributed by atoms with Crippen molar-refractivity contribution in [1.29, 1.82) is 0 Å². The number of hydrogen-bond acceptors (Lipinski definition) is 3. The highest BCUT2D eigenvalue weighted by atomic mass is 35.5. The average Bonchev–Trinajstić information content (AvgIpc) is 2.43. The summed E-state index contributed by atoms with van der Waals surface area (Å²) in [5, 5.41) is 2.83. The fourth-order valence-electron chi connectivity index (χ4n) is 1.69. The van der Waals surface area contributed by atoms with Gasteiger partial charge in [0.15, 0.2) is 0 Å². The molecule has 4 nitrogen and oxygen atoms in total. The smallest absolute Gasteiger partial charge is 0.254 e. The number of amides is 1. The van der Waals surface area contributed by atoms with E-state index in [4.69, 9.17) is 17.3 Å². The van der Waals surface area contributed by atoms with Gasteiger partial charge in [-0.2, -0.15) is 0 Å². The lowest BCUT2D eigenvalue weighted by atomic mass is 10.1. The normalized spacial score (nSPS) is 10.3. The first-order valence-corrected chi connectivity index (χ1v) is 6.38. The van der Waals surface area contributed by atoms with E-state index in [2.05, 4.69) is 10.3 Å². The van der Waals surface area contributed by atoms with Gasteiger partial charge in [0, 0.05) is 6.54 Å². The van der Waals surface area contributed by atoms with Crippen molar-refractivity contribution in [1.82, 2.24) is 10.3 Å². The number of nitrogen functional groups attached to an aromatic ring is 1. The highest BCUT2D eigenvalue weighted by molar-refractivity contribution is 6.32. The van der Waals surface area contributed by atoms with Gasteiger partial charge in [-0.1, -0.05) is 23.7 Å². The quantitative estimate of drug-likeness (QED) is 0.851. The van der Waals surface area contributed by atoms with Gasteiger partial charge >= 0.3 is 0 Å². The molecule has 6 heteroatoms. The zero-order chi connectivity index (χ0) is 14.5. The molecule has 1 amide bonds. The summed E-state index contributed by atoms with van der Waals surface area (Å²) in [4.78, 5) is 15.7. The molecule has 0 saturated carbocycles. The van der Waals surface area contributed by atoms with Crippen LogP contribution in [0.15, 0.2) is 36.5 Å². The van der Waals surface area contributed by atoms with E-state index in [9.17, 15) is 9.18 Å². The fraction of sp³-hybridized carbons (Fsp3) is 0.143. The van der Waals surface area contributed by atoms with Crippen molar-refractivity contribution < 1.29 is 9.18 Å². The first kappa shape index (κ1) is 14.3. The molecule has 0 unspecified atom stereocenters. The summed E-state index contributed by atoms with van der Waals surface area (Å²) in [5.74, 6) is -0.618. The van der Waals surface area contributed by atoms with Crippen LogP contribution in [0.4, 0.5) is 10.1 Å². The summed E-state index contributed by atoms with van der Waals surface area (Å²) in [6, 6.07) is 7.60. The summed E-state index contributed by atoms with van der Waals surface area (Å²) in [7, 11) is 0. The third kappa shape index (κ3) is 3.68. The van der Waals surface area contributed by atoms with Gasteiger partial charge in [-0.15, -0.1) is 0 Å². The molecule has 0 atom stereocenters. The summed E-state index contributed by atoms with van der Waals surface area (Å²) in [6.07, 6.45) is 1.98. The average molecular weight is 294 g/mol. The van der Waals surface area contributed by atoms with Gasteiger partial charge in [0.2, 0.25) is 0 Å². The number of pyridine rings is 1. The second kappa shape index (κ2) is 6.34. The van der Waals surface area contributed by atoms with Crippen LogP contribution in [0, 0.1) is 5.82 Å². The number of nitrogens with two attached hydrogens (primary N) is 1. The van der Waals surface area contributed by atoms with E-state index in [0.717, 1.165) is 5.56 Å². The van der Waals surface area contributed by atoms with E-state index in [1.807, 2.05) is 0 Å². The second-order valence-corrected chi connectivity index (χ2v) is 4.60. The molecule has 104 valence electrons. The van der Waals surface area contributed by atoms with E-state index in [1.165, 1.54) is 24.4 Å². The van der Waals surface area contributed by atoms with Gasteiger partial charge in [-0.25, -0.2) is 9.37 Å². The molecule has 3 N–H and O–H groups in total. The highest BCUT2D eigenvalue weighted by Gasteiger charge is 2.11. The standard InChI is InChI=1S/C14H13ClFN3O/c15-13-12(7-11(17)8-19-13)14(20)18-6-5-9-1-3-10(16)4-2-9/h1-4,7-8H,5-6,17H2,(H,18,20). The van der Waals surface area contributed by atoms with Crippen LogP contribution in [0.1, 0.15) is 15.9 Å². The summed E-state index contributed by atoms with van der Waals surface area (Å²) >= 11 is 5.84. The third-order valence-corrected chi connectivity index (χ3v) is 3.02. The van der Waals surface area contributed by atoms with Gasteiger partial charge < -0.3 is 11.1 Å². The van der Waals surface area contributed by atoms with Crippen LogP contribution >= 0.6 is 11.6 Å². The molecule has 2 aromatic rings. The van der Waals surface area contributed by atoms with Crippen LogP contribution in [0.2, 0.25) is 5.15 Å². The van der Waals surface area contributed by atoms with E-state index < -0.39 is 0 Å². The Morgan fingerprint density at radius 1 is 1.35 bits per heavy atom. The molecule has 0 saturated heterocycles. The minimum atomic E-state index is -0.336. The van der Waals surface area contributed by atoms with Crippen molar-refractivity contribution in [3.8, 4) is 0 Å². The largest absolute Gasteiger partial charge is 0.397 e. The van der Waals surface area contributed by atoms with Crippen molar-refractivity contribution in [2.24, 2.45) is 0 Å². The van der Waals surface area contributed by atoms with Gasteiger partial charge in [0.05, 0.1) is 17.4 Å². The number of carbonyl (C=O) groups excluding carboxylic acids is 1. The zero-order valence-electron chi connectivity index (χ0n) is 10.6. The number of rotatable bonds is 4. The molecular formula is C14H13ClFN3O. The Morgan fingerprint density at radius 2 is 2.05 bits per heavy atom. The van der Waals surface area contributed by atoms with Crippen molar-refractivity contribution in [3.63, 3.8) is 0 Å². The SMILES string of the molecule is Nc1cnc(Cl)c(C(=O)NCCc2ccc(F)cc2)c1. The highest BCUT2D eigenvalue weighted by Crippen LogP contribution is 2.15. The Kier molecular flexibility index (Phi) is 4.53. The maximum atomic E-state index is 12.7. The van der Waals surface area contributed by atoms with Crippen LogP contribution in [0.25, 0.3) is 0 Å². The maximum Gasteiger partial charge on any atom is 0.254 e. The predicted molar refractivity (Wildman–Crippen MR) is 76.1 cm³/mol. The minimum Gasteiger partial charge on any atom is -0.397 e. The zero-order valence-corrected chi connectivity index (χ0v) is 11.3. The van der Waals surface area contributed by atoms with Gasteiger partial charge in [-0.3, -0.25) is 4.79 Å². The molecule has 0 radical (unpaired) electrons. The lowest BCUT2D eigenvalue weighted by Crippen LogP contribution is -2.26. The number of halogens is 2. The van der Waals surface area contributed by atoms with Crippen molar-refractivity contribution in [2.45, 2.75) is 6.42 Å². The van der Waals surface area contributed by atoms with Crippen molar-refractivity contribution >= 4 is 23.2 Å². The number of carbonyl (C=O) groups is 1. The third-order valence-electron chi connectivity index (χ3n) is 2.72. The maximum absolute atomic E-state index is 12.7. The van der Waals surface area contributed by atoms with Gasteiger partial charge in [0.25, 0.3) is 5.91 Å². The van der Waals surface area contributed by atoms with Gasteiger partial charge in [0.1, 0.15) is 11.0 Å². The fourth-order valence-corrected chi connectivity index (χ4v) is 1.88. The molecular weight excluding hydrogens is 281 g/mol. The number of hydrogen-bond donors (Lipinski definition) is 2. The molecule has 1 aromatic heterocycles. The van der Waals surface area contributed by atoms with E-state index in [-0.39, 0.29) is 22.4 Å². The Bertz CT molecular complexity index is 616. The monoisotopic (exact) mass is 293 g/mol. The summed E-state index contributed by atoms with van der Waals surface area (Å²) in [6.45, 7) is 0.412. The lowest BCUT2D eigenvalue weighted by molar-refractivity contribution is 0.0954. The van der Waals surface area contributed by atoms with E-state index in [1.54, 1.807) is 12.1 Å². The Hall–Kier alpha value is -2.14. The number of aromatic nitrogens is 1. The number of nitrogens with one attached hydrogen (secondary N) is 1. The number of anilines is 1. The molecule has 1 heterocycles. The van der Waals surface area contributed by atoms with Crippen LogP contribution in [-0.4, -0.2) is 17.4 Å². The lowest BCUT2D eigenvalue weighted by Gasteiger charge is -2.07. The minimum absolute atomic E-state index is 0.110. The van der Waals surface area contributed by atoms with Crippen LogP contribution in [0.5, 0.6) is 0 Å². The van der Waals surface area contributed by atoms with Crippen LogP contribution in [0.3, 0.4) is 0 Å². The first-order chi connectivity index (χ1) is 9.56. The molecule has 0 bridgehead atoms. The van der Waals surface area contributed by atoms with E-state index >= 15 is 0 Å². The predicted octanol–water partition coefficient (Wildman–Crippen LogP) is 2.43. The Labute approximate surface area is 120 Å². The topological polar surface area (TPSA) is 68.0 Å². The Morgan fingerprint density at radius 3 is 2.75 bits per heavy atom. The molecule has 0 aliphatic carbocycles. The van der Waals surface area contributed by atoms with Crippen molar-refractivity contribution in [2.75, 3.05) is 12.3 Å². The molecule has 1 aromatic carbocycles. The van der Waals surface area contributed by atoms with Crippen LogP contribution < -0.4 is 11.1 Å². The van der Waals surface area contributed by atoms with Crippen molar-refractivity contribution in [3.05, 3.63) is 58.6 Å². The first-order valence-electron chi connectivity index (χ1n) is 6.00. The molecule has 0 aliphatic rings. The second-order valence-electron chi connectivity index (χ2n) is 4.24. The van der Waals surface area contributed by atoms with Crippen LogP contribution in [-0.2, 0) is 6.42 Å². The number of nitrogens with zero attached hydrogens (tertiary/aromatic N) is 1. The molecule has 20 heavy (non-hydrogen) atoms. The Balaban J connectivity index is 1.92. The summed E-state index contributed by atoms with van der Waals surface area (Å²) < 4.78 is 12.7. The van der Waals surface area contributed by atoms with Gasteiger partial charge in [-0.05, 0) is 30.2 Å². The summed E-state index contributed by atoms with van der Waals surface area (Å²) in [5.41, 5.74) is 7.11. The number of benzene rings is 1. The van der Waals surface area contributed by atoms with E-state index in [0.29, 0.717) is 18.7 Å². The molecule has 0 aliphatic heterocycles. The molecule has 0 spiro atoms.